The second-order valence-corrected chi connectivity index (χ2v) is 7.56. The van der Waals surface area contributed by atoms with Gasteiger partial charge in [0, 0.05) is 63.3 Å². The minimum Gasteiger partial charge on any atom is -0.368 e. The van der Waals surface area contributed by atoms with Gasteiger partial charge in [0.2, 0.25) is 5.95 Å². The minimum absolute atomic E-state index is 0.245. The Morgan fingerprint density at radius 1 is 1.00 bits per heavy atom. The zero-order valence-corrected chi connectivity index (χ0v) is 16.9. The number of nitrogen functional groups attached to an aromatic ring is 1. The molecule has 0 aliphatic carbocycles. The molecule has 8 heteroatoms. The van der Waals surface area contributed by atoms with Crippen LogP contribution in [0.5, 0.6) is 0 Å². The normalized spacial score (nSPS) is 15.0. The van der Waals surface area contributed by atoms with Crippen LogP contribution in [-0.4, -0.2) is 55.6 Å². The maximum Gasteiger partial charge on any atom is 0.222 e. The fourth-order valence-corrected chi connectivity index (χ4v) is 3.98. The van der Waals surface area contributed by atoms with Crippen molar-refractivity contribution < 1.29 is 0 Å². The number of nitrogens with two attached hydrogens (primary N) is 1. The van der Waals surface area contributed by atoms with Crippen molar-refractivity contribution in [3.05, 3.63) is 54.4 Å². The van der Waals surface area contributed by atoms with Crippen molar-refractivity contribution in [1.29, 1.82) is 0 Å². The molecule has 5 rings (SSSR count). The number of nitrogens with zero attached hydrogens (tertiary/aromatic N) is 6. The molecule has 30 heavy (non-hydrogen) atoms. The summed E-state index contributed by atoms with van der Waals surface area (Å²) in [6.45, 7) is 5.11. The average Bonchev–Trinajstić information content (AvgIpc) is 3.11. The predicted molar refractivity (Wildman–Crippen MR) is 118 cm³/mol. The van der Waals surface area contributed by atoms with Crippen LogP contribution in [0.1, 0.15) is 5.56 Å². The van der Waals surface area contributed by atoms with Gasteiger partial charge >= 0.3 is 0 Å². The Bertz CT molecular complexity index is 1180. The lowest BCUT2D eigenvalue weighted by Crippen LogP contribution is -2.42. The molecular weight excluding hydrogens is 376 g/mol. The molecular formula is C22H24N8. The summed E-state index contributed by atoms with van der Waals surface area (Å²) in [5.74, 6) is 1.06. The fourth-order valence-electron chi connectivity index (χ4n) is 3.98. The molecule has 1 aromatic carbocycles. The molecule has 0 bridgehead atoms. The number of benzene rings is 1. The van der Waals surface area contributed by atoms with E-state index in [1.807, 2.05) is 23.7 Å². The number of rotatable bonds is 4. The Morgan fingerprint density at radius 3 is 2.60 bits per heavy atom. The van der Waals surface area contributed by atoms with Crippen LogP contribution in [0.15, 0.2) is 48.8 Å². The Hall–Kier alpha value is -3.36. The number of piperazine rings is 1. The molecule has 0 saturated carbocycles. The molecule has 4 aromatic rings. The number of hydrogen-bond acceptors (Lipinski definition) is 7. The summed E-state index contributed by atoms with van der Waals surface area (Å²) in [6.07, 6.45) is 3.52. The van der Waals surface area contributed by atoms with E-state index in [1.165, 1.54) is 5.56 Å². The fraction of sp³-hybridized carbons (Fsp3) is 0.273. The second kappa shape index (κ2) is 7.81. The maximum absolute atomic E-state index is 6.08. The van der Waals surface area contributed by atoms with Gasteiger partial charge in [0.15, 0.2) is 5.65 Å². The van der Waals surface area contributed by atoms with Crippen LogP contribution in [0.25, 0.3) is 33.8 Å². The molecule has 0 atom stereocenters. The van der Waals surface area contributed by atoms with Gasteiger partial charge in [0.25, 0.3) is 0 Å². The molecule has 0 spiro atoms. The minimum atomic E-state index is 0.245. The highest BCUT2D eigenvalue weighted by Gasteiger charge is 2.18. The van der Waals surface area contributed by atoms with Crippen LogP contribution in [-0.2, 0) is 13.6 Å². The number of fused-ring (bicyclic) bond motifs is 1. The third-order valence-corrected chi connectivity index (χ3v) is 5.49. The van der Waals surface area contributed by atoms with E-state index in [4.69, 9.17) is 10.7 Å². The standard InChI is InChI=1S/C22H24N8/c1-29-20(16-5-7-24-8-6-16)26-19-18(27-22(23)28-21(19)29)17-4-2-3-15(13-17)14-30-11-9-25-10-12-30/h2-8,13,25H,9-12,14H2,1H3,(H2,23,27,28). The van der Waals surface area contributed by atoms with Crippen LogP contribution >= 0.6 is 0 Å². The highest BCUT2D eigenvalue weighted by molar-refractivity contribution is 5.90. The number of aromatic nitrogens is 5. The van der Waals surface area contributed by atoms with Crippen molar-refractivity contribution in [3.63, 3.8) is 0 Å². The number of imidazole rings is 1. The van der Waals surface area contributed by atoms with E-state index in [0.29, 0.717) is 0 Å². The largest absolute Gasteiger partial charge is 0.368 e. The number of pyridine rings is 1. The first-order valence-corrected chi connectivity index (χ1v) is 10.1. The molecule has 1 aliphatic heterocycles. The van der Waals surface area contributed by atoms with E-state index in [0.717, 1.165) is 66.5 Å². The number of aryl methyl sites for hydroxylation is 1. The highest BCUT2D eigenvalue weighted by Crippen LogP contribution is 2.30. The Kier molecular flexibility index (Phi) is 4.86. The van der Waals surface area contributed by atoms with Gasteiger partial charge in [-0.3, -0.25) is 9.88 Å². The number of nitrogens with one attached hydrogen (secondary N) is 1. The highest BCUT2D eigenvalue weighted by atomic mass is 15.2. The first kappa shape index (κ1) is 18.7. The van der Waals surface area contributed by atoms with Crippen molar-refractivity contribution in [2.75, 3.05) is 31.9 Å². The van der Waals surface area contributed by atoms with Gasteiger partial charge < -0.3 is 15.6 Å². The molecule has 4 heterocycles. The van der Waals surface area contributed by atoms with Gasteiger partial charge in [-0.25, -0.2) is 9.97 Å². The van der Waals surface area contributed by atoms with E-state index in [9.17, 15) is 0 Å². The third kappa shape index (κ3) is 3.51. The first-order valence-electron chi connectivity index (χ1n) is 10.1. The monoisotopic (exact) mass is 400 g/mol. The van der Waals surface area contributed by atoms with Crippen LogP contribution < -0.4 is 11.1 Å². The molecule has 1 aliphatic rings. The lowest BCUT2D eigenvalue weighted by atomic mass is 10.1. The summed E-state index contributed by atoms with van der Waals surface area (Å²) in [4.78, 5) is 20.5. The van der Waals surface area contributed by atoms with E-state index in [2.05, 4.69) is 49.4 Å². The van der Waals surface area contributed by atoms with Gasteiger partial charge in [-0.2, -0.15) is 4.98 Å². The van der Waals surface area contributed by atoms with Crippen molar-refractivity contribution in [2.45, 2.75) is 6.54 Å². The first-order chi connectivity index (χ1) is 14.7. The van der Waals surface area contributed by atoms with E-state index in [1.54, 1.807) is 12.4 Å². The molecule has 8 nitrogen and oxygen atoms in total. The molecule has 152 valence electrons. The molecule has 3 N–H and O–H groups in total. The van der Waals surface area contributed by atoms with Gasteiger partial charge in [-0.1, -0.05) is 18.2 Å². The van der Waals surface area contributed by atoms with E-state index >= 15 is 0 Å². The summed E-state index contributed by atoms with van der Waals surface area (Å²) in [6, 6.07) is 12.3. The lowest BCUT2D eigenvalue weighted by molar-refractivity contribution is 0.233. The van der Waals surface area contributed by atoms with Crippen LogP contribution in [0.4, 0.5) is 5.95 Å². The van der Waals surface area contributed by atoms with Gasteiger partial charge in [0.05, 0.1) is 0 Å². The summed E-state index contributed by atoms with van der Waals surface area (Å²) >= 11 is 0. The van der Waals surface area contributed by atoms with Gasteiger partial charge in [-0.05, 0) is 23.8 Å². The molecule has 0 amide bonds. The molecule has 0 unspecified atom stereocenters. The van der Waals surface area contributed by atoms with Crippen LogP contribution in [0.3, 0.4) is 0 Å². The summed E-state index contributed by atoms with van der Waals surface area (Å²) in [5, 5.41) is 3.40. The van der Waals surface area contributed by atoms with Crippen molar-refractivity contribution in [2.24, 2.45) is 7.05 Å². The molecule has 3 aromatic heterocycles. The Labute approximate surface area is 174 Å². The zero-order chi connectivity index (χ0) is 20.5. The van der Waals surface area contributed by atoms with E-state index in [-0.39, 0.29) is 5.95 Å². The summed E-state index contributed by atoms with van der Waals surface area (Å²) in [5.41, 5.74) is 11.5. The maximum atomic E-state index is 6.08. The Morgan fingerprint density at radius 2 is 1.80 bits per heavy atom. The second-order valence-electron chi connectivity index (χ2n) is 7.56. The van der Waals surface area contributed by atoms with Crippen molar-refractivity contribution in [3.8, 4) is 22.6 Å². The van der Waals surface area contributed by atoms with Crippen molar-refractivity contribution >= 4 is 17.1 Å². The Balaban J connectivity index is 1.58. The number of hydrogen-bond donors (Lipinski definition) is 2. The molecule has 1 saturated heterocycles. The van der Waals surface area contributed by atoms with Crippen LogP contribution in [0, 0.1) is 0 Å². The average molecular weight is 400 g/mol. The predicted octanol–water partition coefficient (Wildman–Crippen LogP) is 2.08. The SMILES string of the molecule is Cn1c(-c2ccncc2)nc2c(-c3cccc(CN4CCNCC4)c3)nc(N)nc21. The van der Waals surface area contributed by atoms with Gasteiger partial charge in [-0.15, -0.1) is 0 Å². The zero-order valence-electron chi connectivity index (χ0n) is 16.9. The smallest absolute Gasteiger partial charge is 0.222 e. The van der Waals surface area contributed by atoms with E-state index < -0.39 is 0 Å². The summed E-state index contributed by atoms with van der Waals surface area (Å²) < 4.78 is 1.96. The van der Waals surface area contributed by atoms with Crippen LogP contribution in [0.2, 0.25) is 0 Å². The van der Waals surface area contributed by atoms with Gasteiger partial charge in [0.1, 0.15) is 17.0 Å². The summed E-state index contributed by atoms with van der Waals surface area (Å²) in [7, 11) is 1.95. The topological polar surface area (TPSA) is 97.8 Å². The third-order valence-electron chi connectivity index (χ3n) is 5.49. The van der Waals surface area contributed by atoms with Crippen molar-refractivity contribution in [1.82, 2.24) is 34.7 Å². The molecule has 1 fully saturated rings. The molecule has 0 radical (unpaired) electrons. The lowest BCUT2D eigenvalue weighted by Gasteiger charge is -2.27. The quantitative estimate of drug-likeness (QED) is 0.541. The number of anilines is 1.